The fourth-order valence-electron chi connectivity index (χ4n) is 1.53. The molecule has 0 saturated carbocycles. The van der Waals surface area contributed by atoms with Gasteiger partial charge in [0.05, 0.1) is 6.61 Å². The summed E-state index contributed by atoms with van der Waals surface area (Å²) < 4.78 is 6.06. The molecule has 0 spiro atoms. The molecule has 1 aromatic carbocycles. The van der Waals surface area contributed by atoms with Gasteiger partial charge in [0.25, 0.3) is 5.97 Å². The van der Waals surface area contributed by atoms with Crippen molar-refractivity contribution in [1.29, 1.82) is 0 Å². The van der Waals surface area contributed by atoms with E-state index in [4.69, 9.17) is 4.74 Å². The quantitative estimate of drug-likeness (QED) is 0.629. The van der Waals surface area contributed by atoms with E-state index in [1.165, 1.54) is 0 Å². The Morgan fingerprint density at radius 2 is 2.31 bits per heavy atom. The fourth-order valence-corrected chi connectivity index (χ4v) is 2.34. The summed E-state index contributed by atoms with van der Waals surface area (Å²) in [6.45, 7) is 4.15. The Labute approximate surface area is 124 Å². The van der Waals surface area contributed by atoms with E-state index >= 15 is 0 Å². The maximum atomic E-state index is 11.6. The molecule has 0 fully saturated rings. The van der Waals surface area contributed by atoms with Gasteiger partial charge in [-0.25, -0.2) is 0 Å². The van der Waals surface area contributed by atoms with Crippen molar-refractivity contribution in [2.24, 2.45) is 0 Å². The largest absolute Gasteiger partial charge is 0.472 e. The molecule has 2 rings (SSSR count). The molecule has 4 heteroatoms. The van der Waals surface area contributed by atoms with Gasteiger partial charge in [0.15, 0.2) is 0 Å². The van der Waals surface area contributed by atoms with Gasteiger partial charge < -0.3 is 4.74 Å². The van der Waals surface area contributed by atoms with Gasteiger partial charge >= 0.3 is 0 Å². The minimum Gasteiger partial charge on any atom is -0.472 e. The van der Waals surface area contributed by atoms with Gasteiger partial charge in [0.2, 0.25) is 0 Å². The first-order valence-corrected chi connectivity index (χ1v) is 5.67. The summed E-state index contributed by atoms with van der Waals surface area (Å²) in [5.41, 5.74) is 1.59. The average molecular weight is 308 g/mol. The molecule has 16 heavy (non-hydrogen) atoms. The molecule has 81 valence electrons. The molecule has 2 aromatic rings. The molecule has 0 bridgehead atoms. The first-order valence-electron chi connectivity index (χ1n) is 4.79. The minimum atomic E-state index is -0.264. The summed E-state index contributed by atoms with van der Waals surface area (Å²) in [6, 6.07) is 6.82. The Morgan fingerprint density at radius 1 is 1.56 bits per heavy atom. The fraction of sp³-hybridized carbons (Fsp3) is 0.250. The number of rotatable bonds is 2. The van der Waals surface area contributed by atoms with Crippen molar-refractivity contribution >= 4 is 27.4 Å². The first-order chi connectivity index (χ1) is 7.24. The second-order valence-corrected chi connectivity index (χ2v) is 4.13. The van der Waals surface area contributed by atoms with Crippen LogP contribution in [0.3, 0.4) is 0 Å². The van der Waals surface area contributed by atoms with Crippen LogP contribution in [-0.2, 0) is 37.4 Å². The van der Waals surface area contributed by atoms with Crippen molar-refractivity contribution in [2.45, 2.75) is 13.8 Å². The molecule has 0 aliphatic carbocycles. The molecule has 0 amide bonds. The summed E-state index contributed by atoms with van der Waals surface area (Å²) >= 11 is 1.63. The van der Waals surface area contributed by atoms with Crippen LogP contribution in [0.15, 0.2) is 17.5 Å². The number of benzene rings is 1. The van der Waals surface area contributed by atoms with Crippen molar-refractivity contribution < 1.29 is 42.2 Å². The summed E-state index contributed by atoms with van der Waals surface area (Å²) in [4.78, 5) is 11.6. The van der Waals surface area contributed by atoms with E-state index < -0.39 is 0 Å². The van der Waals surface area contributed by atoms with Gasteiger partial charge in [-0.2, -0.15) is 23.5 Å². The molecular formula is C12H11O2SY-. The maximum absolute atomic E-state index is 11.6. The zero-order chi connectivity index (χ0) is 10.8. The SMILES string of the molecule is CCOC(=O)c1c[c-]c2sccc2c1C.[Y]. The number of thiophene rings is 1. The Bertz CT molecular complexity index is 505. The Kier molecular flexibility index (Phi) is 5.09. The van der Waals surface area contributed by atoms with Crippen molar-refractivity contribution in [1.82, 2.24) is 0 Å². The molecule has 0 saturated heterocycles. The van der Waals surface area contributed by atoms with Crippen LogP contribution in [0.25, 0.3) is 10.1 Å². The molecular weight excluding hydrogens is 297 g/mol. The van der Waals surface area contributed by atoms with Crippen molar-refractivity contribution in [2.75, 3.05) is 6.61 Å². The zero-order valence-corrected chi connectivity index (χ0v) is 12.9. The van der Waals surface area contributed by atoms with E-state index in [1.54, 1.807) is 24.3 Å². The third-order valence-electron chi connectivity index (χ3n) is 2.32. The van der Waals surface area contributed by atoms with Crippen molar-refractivity contribution in [3.63, 3.8) is 0 Å². The van der Waals surface area contributed by atoms with Gasteiger partial charge in [-0.1, -0.05) is 17.7 Å². The molecule has 0 unspecified atom stereocenters. The van der Waals surface area contributed by atoms with Crippen molar-refractivity contribution in [3.05, 3.63) is 34.7 Å². The number of carbonyl (C=O) groups excluding carboxylic acids is 1. The number of aryl methyl sites for hydroxylation is 1. The van der Waals surface area contributed by atoms with E-state index in [1.807, 2.05) is 18.4 Å². The van der Waals surface area contributed by atoms with Gasteiger partial charge in [-0.15, -0.1) is 10.9 Å². The second-order valence-electron chi connectivity index (χ2n) is 3.21. The van der Waals surface area contributed by atoms with E-state index in [0.717, 1.165) is 15.6 Å². The Morgan fingerprint density at radius 3 is 3.00 bits per heavy atom. The van der Waals surface area contributed by atoms with Crippen LogP contribution in [0, 0.1) is 13.0 Å². The molecule has 0 atom stereocenters. The van der Waals surface area contributed by atoms with Crippen LogP contribution >= 0.6 is 11.3 Å². The van der Waals surface area contributed by atoms with Gasteiger partial charge in [-0.05, 0) is 17.9 Å². The molecule has 0 aliphatic heterocycles. The van der Waals surface area contributed by atoms with Gasteiger partial charge in [0, 0.05) is 32.7 Å². The monoisotopic (exact) mass is 308 g/mol. The summed E-state index contributed by atoms with van der Waals surface area (Å²) in [5.74, 6) is -0.264. The maximum Gasteiger partial charge on any atom is 0.281 e. The molecule has 1 heterocycles. The summed E-state index contributed by atoms with van der Waals surface area (Å²) in [6.07, 6.45) is 0. The molecule has 2 nitrogen and oxygen atoms in total. The van der Waals surface area contributed by atoms with Crippen LogP contribution < -0.4 is 0 Å². The normalized spacial score (nSPS) is 9.88. The third-order valence-corrected chi connectivity index (χ3v) is 3.16. The second kappa shape index (κ2) is 5.90. The number of hydrogen-bond acceptors (Lipinski definition) is 3. The Hall–Kier alpha value is -0.246. The van der Waals surface area contributed by atoms with E-state index in [2.05, 4.69) is 6.07 Å². The molecule has 0 aliphatic rings. The van der Waals surface area contributed by atoms with Crippen LogP contribution in [0.4, 0.5) is 0 Å². The summed E-state index contributed by atoms with van der Waals surface area (Å²) in [5, 5.41) is 3.09. The summed E-state index contributed by atoms with van der Waals surface area (Å²) in [7, 11) is 0. The molecule has 1 aromatic heterocycles. The van der Waals surface area contributed by atoms with Crippen molar-refractivity contribution in [3.8, 4) is 0 Å². The van der Waals surface area contributed by atoms with Crippen LogP contribution in [0.2, 0.25) is 0 Å². The van der Waals surface area contributed by atoms with E-state index in [9.17, 15) is 4.79 Å². The van der Waals surface area contributed by atoms with E-state index in [0.29, 0.717) is 12.2 Å². The standard InChI is InChI=1S/C12H11O2S.Y/c1-3-14-12(13)10-4-5-11-9(8(10)2)6-7-15-11;/h4,6-7H,3H2,1-2H3;/q-1;. The first kappa shape index (κ1) is 13.8. The topological polar surface area (TPSA) is 26.3 Å². The number of esters is 1. The van der Waals surface area contributed by atoms with Crippen LogP contribution in [0.5, 0.6) is 0 Å². The van der Waals surface area contributed by atoms with Crippen LogP contribution in [-0.4, -0.2) is 12.6 Å². The predicted molar refractivity (Wildman–Crippen MR) is 61.4 cm³/mol. The van der Waals surface area contributed by atoms with Gasteiger partial charge in [-0.3, -0.25) is 4.79 Å². The number of carbonyl (C=O) groups is 1. The van der Waals surface area contributed by atoms with Gasteiger partial charge in [0.1, 0.15) is 0 Å². The molecule has 1 radical (unpaired) electrons. The van der Waals surface area contributed by atoms with E-state index in [-0.39, 0.29) is 38.7 Å². The minimum absolute atomic E-state index is 0. The zero-order valence-electron chi connectivity index (χ0n) is 9.24. The molecule has 0 N–H and O–H groups in total. The predicted octanol–water partition coefficient (Wildman–Crippen LogP) is 3.18. The Balaban J connectivity index is 0.00000128. The number of hydrogen-bond donors (Lipinski definition) is 0. The third kappa shape index (κ3) is 2.53. The smallest absolute Gasteiger partial charge is 0.281 e. The number of ether oxygens (including phenoxy) is 1. The van der Waals surface area contributed by atoms with Crippen LogP contribution in [0.1, 0.15) is 22.8 Å². The average Bonchev–Trinajstić information content (AvgIpc) is 2.67. The number of fused-ring (bicyclic) bond motifs is 1.